The maximum Gasteiger partial charge on any atom is 0.270 e. The van der Waals surface area contributed by atoms with Crippen LogP contribution in [0.25, 0.3) is 16.5 Å². The largest absolute Gasteiger partial charge is 0.382 e. The number of carbonyl (C=O) groups excluding carboxylic acids is 1. The van der Waals surface area contributed by atoms with Crippen LogP contribution < -0.4 is 5.32 Å². The number of nitro groups is 1. The second kappa shape index (κ2) is 10.2. The number of amides is 1. The normalized spacial score (nSPS) is 11.0. The van der Waals surface area contributed by atoms with Gasteiger partial charge in [0, 0.05) is 41.6 Å². The summed E-state index contributed by atoms with van der Waals surface area (Å²) in [6, 6.07) is 11.8. The third-order valence-electron chi connectivity index (χ3n) is 3.58. The highest BCUT2D eigenvalue weighted by atomic mass is 32.1. The highest BCUT2D eigenvalue weighted by molar-refractivity contribution is 7.16. The van der Waals surface area contributed by atoms with Gasteiger partial charge >= 0.3 is 0 Å². The molecule has 8 heteroatoms. The molecule has 0 fully saturated rings. The fourth-order valence-electron chi connectivity index (χ4n) is 2.26. The van der Waals surface area contributed by atoms with Crippen LogP contribution in [0.15, 0.2) is 42.0 Å². The molecule has 1 N–H and O–H groups in total. The van der Waals surface area contributed by atoms with Crippen molar-refractivity contribution >= 4 is 29.0 Å². The van der Waals surface area contributed by atoms with E-state index in [0.29, 0.717) is 31.7 Å². The van der Waals surface area contributed by atoms with Crippen LogP contribution in [0.2, 0.25) is 0 Å². The van der Waals surface area contributed by atoms with E-state index < -0.39 is 10.8 Å². The molecule has 140 valence electrons. The van der Waals surface area contributed by atoms with Gasteiger partial charge in [-0.3, -0.25) is 14.9 Å². The number of nitriles is 1. The number of carbonyl (C=O) groups is 1. The van der Waals surface area contributed by atoms with Crippen LogP contribution in [0, 0.1) is 21.4 Å². The van der Waals surface area contributed by atoms with E-state index in [1.807, 2.05) is 19.1 Å². The number of nitrogens with one attached hydrogen (secondary N) is 1. The molecule has 0 radical (unpaired) electrons. The lowest BCUT2D eigenvalue weighted by Crippen LogP contribution is -2.26. The zero-order chi connectivity index (χ0) is 19.6. The quantitative estimate of drug-likeness (QED) is 0.232. The van der Waals surface area contributed by atoms with Gasteiger partial charge in [-0.15, -0.1) is 11.3 Å². The summed E-state index contributed by atoms with van der Waals surface area (Å²) in [7, 11) is 0. The van der Waals surface area contributed by atoms with Gasteiger partial charge in [0.2, 0.25) is 0 Å². The molecule has 0 aliphatic heterocycles. The number of nitro benzene ring substituents is 1. The fraction of sp³-hybridized carbons (Fsp3) is 0.263. The molecule has 1 aromatic heterocycles. The summed E-state index contributed by atoms with van der Waals surface area (Å²) in [6.45, 7) is 3.52. The lowest BCUT2D eigenvalue weighted by Gasteiger charge is -2.04. The number of thiophene rings is 1. The number of rotatable bonds is 9. The van der Waals surface area contributed by atoms with E-state index in [9.17, 15) is 20.2 Å². The van der Waals surface area contributed by atoms with E-state index in [0.717, 1.165) is 9.75 Å². The van der Waals surface area contributed by atoms with E-state index >= 15 is 0 Å². The molecule has 0 atom stereocenters. The highest BCUT2D eigenvalue weighted by Crippen LogP contribution is 2.31. The van der Waals surface area contributed by atoms with Crippen LogP contribution in [0.4, 0.5) is 5.69 Å². The van der Waals surface area contributed by atoms with Crippen molar-refractivity contribution in [3.8, 4) is 16.5 Å². The second-order valence-electron chi connectivity index (χ2n) is 5.49. The van der Waals surface area contributed by atoms with E-state index in [-0.39, 0.29) is 11.3 Å². The van der Waals surface area contributed by atoms with Crippen LogP contribution in [-0.4, -0.2) is 30.6 Å². The SMILES string of the molecule is CCOCCCNC(=O)/C(C#N)=C/c1ccc(-c2cccc([N+](=O)[O-])c2)s1. The predicted molar refractivity (Wildman–Crippen MR) is 104 cm³/mol. The number of nitrogens with zero attached hydrogens (tertiary/aromatic N) is 2. The van der Waals surface area contributed by atoms with Crippen LogP contribution in [0.3, 0.4) is 0 Å². The van der Waals surface area contributed by atoms with Crippen LogP contribution in [0.5, 0.6) is 0 Å². The minimum Gasteiger partial charge on any atom is -0.382 e. The Bertz CT molecular complexity index is 883. The number of benzene rings is 1. The van der Waals surface area contributed by atoms with Crippen LogP contribution in [0.1, 0.15) is 18.2 Å². The van der Waals surface area contributed by atoms with Crippen molar-refractivity contribution in [3.05, 3.63) is 57.0 Å². The first-order valence-electron chi connectivity index (χ1n) is 8.37. The topological polar surface area (TPSA) is 105 Å². The Hall–Kier alpha value is -3.02. The Morgan fingerprint density at radius 2 is 2.22 bits per heavy atom. The molecule has 0 spiro atoms. The minimum atomic E-state index is -0.443. The van der Waals surface area contributed by atoms with E-state index in [1.54, 1.807) is 18.2 Å². The minimum absolute atomic E-state index is 0.0128. The van der Waals surface area contributed by atoms with Gasteiger partial charge in [0.05, 0.1) is 4.92 Å². The standard InChI is InChI=1S/C19H19N3O4S/c1-2-26-10-4-9-21-19(23)15(13-20)12-17-7-8-18(27-17)14-5-3-6-16(11-14)22(24)25/h3,5-8,11-12H,2,4,9-10H2,1H3,(H,21,23)/b15-12+. The molecule has 0 saturated heterocycles. The monoisotopic (exact) mass is 385 g/mol. The summed E-state index contributed by atoms with van der Waals surface area (Å²) in [5.74, 6) is -0.431. The second-order valence-corrected chi connectivity index (χ2v) is 6.60. The van der Waals surface area contributed by atoms with Crippen molar-refractivity contribution in [2.24, 2.45) is 0 Å². The molecular weight excluding hydrogens is 366 g/mol. The molecule has 0 saturated carbocycles. The Morgan fingerprint density at radius 1 is 1.41 bits per heavy atom. The first-order valence-corrected chi connectivity index (χ1v) is 9.19. The van der Waals surface area contributed by atoms with Crippen LogP contribution in [-0.2, 0) is 9.53 Å². The molecule has 0 aliphatic carbocycles. The zero-order valence-electron chi connectivity index (χ0n) is 14.8. The van der Waals surface area contributed by atoms with Crippen molar-refractivity contribution in [1.82, 2.24) is 5.32 Å². The lowest BCUT2D eigenvalue weighted by molar-refractivity contribution is -0.384. The van der Waals surface area contributed by atoms with Crippen molar-refractivity contribution in [1.29, 1.82) is 5.26 Å². The van der Waals surface area contributed by atoms with Gasteiger partial charge in [-0.05, 0) is 37.1 Å². The number of non-ortho nitro benzene ring substituents is 1. The number of hydrogen-bond acceptors (Lipinski definition) is 6. The zero-order valence-corrected chi connectivity index (χ0v) is 15.6. The van der Waals surface area contributed by atoms with E-state index in [1.165, 1.54) is 29.5 Å². The molecule has 0 unspecified atom stereocenters. The Labute approximate surface area is 161 Å². The third-order valence-corrected chi connectivity index (χ3v) is 4.66. The molecule has 1 aromatic carbocycles. The van der Waals surface area contributed by atoms with Gasteiger partial charge < -0.3 is 10.1 Å². The van der Waals surface area contributed by atoms with Crippen molar-refractivity contribution in [2.75, 3.05) is 19.8 Å². The average molecular weight is 385 g/mol. The van der Waals surface area contributed by atoms with Gasteiger partial charge in [0.15, 0.2) is 0 Å². The number of ether oxygens (including phenoxy) is 1. The van der Waals surface area contributed by atoms with Crippen molar-refractivity contribution in [3.63, 3.8) is 0 Å². The van der Waals surface area contributed by atoms with Gasteiger partial charge in [-0.2, -0.15) is 5.26 Å². The summed E-state index contributed by atoms with van der Waals surface area (Å²) in [5.41, 5.74) is 0.744. The predicted octanol–water partition coefficient (Wildman–Crippen LogP) is 3.77. The Balaban J connectivity index is 2.07. The highest BCUT2D eigenvalue weighted by Gasteiger charge is 2.11. The average Bonchev–Trinajstić information content (AvgIpc) is 3.14. The Kier molecular flexibility index (Phi) is 7.67. The van der Waals surface area contributed by atoms with Crippen LogP contribution >= 0.6 is 11.3 Å². The molecule has 7 nitrogen and oxygen atoms in total. The maximum absolute atomic E-state index is 12.1. The maximum atomic E-state index is 12.1. The summed E-state index contributed by atoms with van der Waals surface area (Å²) in [5, 5.41) is 22.8. The summed E-state index contributed by atoms with van der Waals surface area (Å²) in [4.78, 5) is 24.1. The molecular formula is C19H19N3O4S. The molecule has 0 aliphatic rings. The smallest absolute Gasteiger partial charge is 0.270 e. The molecule has 2 rings (SSSR count). The third kappa shape index (κ3) is 6.02. The fourth-order valence-corrected chi connectivity index (χ4v) is 3.21. The molecule has 2 aromatic rings. The van der Waals surface area contributed by atoms with Crippen molar-refractivity contribution < 1.29 is 14.5 Å². The molecule has 0 bridgehead atoms. The van der Waals surface area contributed by atoms with Gasteiger partial charge in [-0.25, -0.2) is 0 Å². The summed E-state index contributed by atoms with van der Waals surface area (Å²) >= 11 is 1.35. The van der Waals surface area contributed by atoms with Crippen molar-refractivity contribution in [2.45, 2.75) is 13.3 Å². The van der Waals surface area contributed by atoms with Gasteiger partial charge in [-0.1, -0.05) is 12.1 Å². The number of hydrogen-bond donors (Lipinski definition) is 1. The first-order chi connectivity index (χ1) is 13.0. The molecule has 1 heterocycles. The molecule has 27 heavy (non-hydrogen) atoms. The molecule has 1 amide bonds. The first kappa shape index (κ1) is 20.3. The summed E-state index contributed by atoms with van der Waals surface area (Å²) < 4.78 is 5.19. The van der Waals surface area contributed by atoms with Gasteiger partial charge in [0.25, 0.3) is 11.6 Å². The lowest BCUT2D eigenvalue weighted by atomic mass is 10.1. The van der Waals surface area contributed by atoms with E-state index in [2.05, 4.69) is 5.32 Å². The Morgan fingerprint density at radius 3 is 2.93 bits per heavy atom. The summed E-state index contributed by atoms with van der Waals surface area (Å²) in [6.07, 6.45) is 2.19. The van der Waals surface area contributed by atoms with E-state index in [4.69, 9.17) is 4.74 Å². The van der Waals surface area contributed by atoms with Gasteiger partial charge in [0.1, 0.15) is 11.6 Å².